The number of thioether (sulfide) groups is 1. The quantitative estimate of drug-likeness (QED) is 0.869. The zero-order valence-electron chi connectivity index (χ0n) is 12.8. The lowest BCUT2D eigenvalue weighted by Crippen LogP contribution is -2.49. The first-order valence-electron chi connectivity index (χ1n) is 8.31. The van der Waals surface area contributed by atoms with Gasteiger partial charge in [0.2, 0.25) is 5.91 Å². The van der Waals surface area contributed by atoms with Crippen LogP contribution in [0.4, 0.5) is 0 Å². The Kier molecular flexibility index (Phi) is 4.61. The molecule has 1 amide bonds. The molecule has 3 aliphatic rings. The van der Waals surface area contributed by atoms with Gasteiger partial charge < -0.3 is 4.90 Å². The number of hydrogen-bond acceptors (Lipinski definition) is 3. The summed E-state index contributed by atoms with van der Waals surface area (Å²) < 4.78 is 0. The number of hydrogen-bond donors (Lipinski definition) is 1. The average molecular weight is 296 g/mol. The predicted octanol–water partition coefficient (Wildman–Crippen LogP) is 3.00. The SMILES string of the molecule is CSC1CCCC(N2C(=O)C(C)NC2C2CCCC2)C1. The Morgan fingerprint density at radius 1 is 1.15 bits per heavy atom. The maximum absolute atomic E-state index is 12.6. The Morgan fingerprint density at radius 2 is 1.90 bits per heavy atom. The van der Waals surface area contributed by atoms with E-state index in [1.165, 1.54) is 51.4 Å². The fraction of sp³-hybridized carbons (Fsp3) is 0.938. The van der Waals surface area contributed by atoms with Gasteiger partial charge in [0.05, 0.1) is 12.2 Å². The lowest BCUT2D eigenvalue weighted by atomic mass is 9.92. The highest BCUT2D eigenvalue weighted by atomic mass is 32.2. The van der Waals surface area contributed by atoms with Gasteiger partial charge >= 0.3 is 0 Å². The van der Waals surface area contributed by atoms with Crippen LogP contribution in [0.25, 0.3) is 0 Å². The third kappa shape index (κ3) is 2.74. The number of rotatable bonds is 3. The van der Waals surface area contributed by atoms with Crippen molar-refractivity contribution in [2.75, 3.05) is 6.26 Å². The van der Waals surface area contributed by atoms with E-state index in [-0.39, 0.29) is 6.04 Å². The number of nitrogens with one attached hydrogen (secondary N) is 1. The summed E-state index contributed by atoms with van der Waals surface area (Å²) in [6.45, 7) is 2.04. The molecule has 1 saturated heterocycles. The molecule has 2 saturated carbocycles. The van der Waals surface area contributed by atoms with Gasteiger partial charge in [0.1, 0.15) is 0 Å². The minimum absolute atomic E-state index is 0.0234. The largest absolute Gasteiger partial charge is 0.322 e. The Bertz CT molecular complexity index is 356. The van der Waals surface area contributed by atoms with E-state index in [1.54, 1.807) is 0 Å². The van der Waals surface area contributed by atoms with Crippen LogP contribution in [-0.2, 0) is 4.79 Å². The van der Waals surface area contributed by atoms with Gasteiger partial charge in [-0.2, -0.15) is 11.8 Å². The maximum atomic E-state index is 12.6. The van der Waals surface area contributed by atoms with E-state index < -0.39 is 0 Å². The summed E-state index contributed by atoms with van der Waals surface area (Å²) in [4.78, 5) is 14.9. The fourth-order valence-electron chi connectivity index (χ4n) is 4.40. The molecule has 0 aromatic rings. The van der Waals surface area contributed by atoms with Crippen molar-refractivity contribution < 1.29 is 4.79 Å². The molecule has 3 rings (SSSR count). The number of amides is 1. The molecule has 20 heavy (non-hydrogen) atoms. The third-order valence-corrected chi connectivity index (χ3v) is 6.61. The molecule has 114 valence electrons. The predicted molar refractivity (Wildman–Crippen MR) is 84.7 cm³/mol. The van der Waals surface area contributed by atoms with Gasteiger partial charge in [-0.25, -0.2) is 0 Å². The Labute approximate surface area is 127 Å². The summed E-state index contributed by atoms with van der Waals surface area (Å²) in [7, 11) is 0. The van der Waals surface area contributed by atoms with E-state index in [2.05, 4.69) is 16.5 Å². The van der Waals surface area contributed by atoms with Crippen molar-refractivity contribution in [2.45, 2.75) is 81.8 Å². The van der Waals surface area contributed by atoms with Gasteiger partial charge in [-0.1, -0.05) is 19.3 Å². The van der Waals surface area contributed by atoms with E-state index >= 15 is 0 Å². The molecule has 0 radical (unpaired) electrons. The molecule has 2 aliphatic carbocycles. The van der Waals surface area contributed by atoms with Crippen molar-refractivity contribution in [1.82, 2.24) is 10.2 Å². The molecule has 0 spiro atoms. The first kappa shape index (κ1) is 14.7. The second-order valence-electron chi connectivity index (χ2n) is 6.80. The topological polar surface area (TPSA) is 32.3 Å². The summed E-state index contributed by atoms with van der Waals surface area (Å²) >= 11 is 1.99. The van der Waals surface area contributed by atoms with Crippen molar-refractivity contribution in [3.63, 3.8) is 0 Å². The molecule has 0 aromatic carbocycles. The van der Waals surface area contributed by atoms with Gasteiger partial charge in [-0.15, -0.1) is 0 Å². The minimum Gasteiger partial charge on any atom is -0.322 e. The highest BCUT2D eigenvalue weighted by Gasteiger charge is 2.45. The number of carbonyl (C=O) groups excluding carboxylic acids is 1. The molecule has 1 aliphatic heterocycles. The van der Waals surface area contributed by atoms with Crippen molar-refractivity contribution in [2.24, 2.45) is 5.92 Å². The summed E-state index contributed by atoms with van der Waals surface area (Å²) in [6, 6.07) is 0.506. The summed E-state index contributed by atoms with van der Waals surface area (Å²) in [6.07, 6.45) is 12.8. The molecular weight excluding hydrogens is 268 g/mol. The second-order valence-corrected chi connectivity index (χ2v) is 7.94. The number of carbonyl (C=O) groups is 1. The fourth-order valence-corrected chi connectivity index (χ4v) is 5.22. The second kappa shape index (κ2) is 6.27. The van der Waals surface area contributed by atoms with Crippen LogP contribution >= 0.6 is 11.8 Å². The van der Waals surface area contributed by atoms with E-state index in [0.29, 0.717) is 24.0 Å². The molecule has 4 atom stereocenters. The van der Waals surface area contributed by atoms with Crippen LogP contribution in [0.15, 0.2) is 0 Å². The lowest BCUT2D eigenvalue weighted by molar-refractivity contribution is -0.133. The smallest absolute Gasteiger partial charge is 0.240 e. The van der Waals surface area contributed by atoms with Crippen LogP contribution in [0.2, 0.25) is 0 Å². The molecule has 3 fully saturated rings. The van der Waals surface area contributed by atoms with Crippen molar-refractivity contribution in [1.29, 1.82) is 0 Å². The van der Waals surface area contributed by atoms with Crippen LogP contribution in [0.5, 0.6) is 0 Å². The third-order valence-electron chi connectivity index (χ3n) is 5.52. The first-order valence-corrected chi connectivity index (χ1v) is 9.60. The lowest BCUT2D eigenvalue weighted by Gasteiger charge is -2.39. The zero-order valence-corrected chi connectivity index (χ0v) is 13.6. The maximum Gasteiger partial charge on any atom is 0.240 e. The zero-order chi connectivity index (χ0) is 14.1. The van der Waals surface area contributed by atoms with Crippen LogP contribution < -0.4 is 5.32 Å². The summed E-state index contributed by atoms with van der Waals surface area (Å²) in [5.41, 5.74) is 0. The van der Waals surface area contributed by atoms with Crippen molar-refractivity contribution in [3.8, 4) is 0 Å². The molecule has 0 bridgehead atoms. The molecular formula is C16H28N2OS. The Hall–Kier alpha value is -0.220. The molecule has 4 unspecified atom stereocenters. The minimum atomic E-state index is 0.0234. The van der Waals surface area contributed by atoms with Crippen LogP contribution in [0, 0.1) is 5.92 Å². The molecule has 1 N–H and O–H groups in total. The van der Waals surface area contributed by atoms with E-state index in [9.17, 15) is 4.79 Å². The van der Waals surface area contributed by atoms with Crippen molar-refractivity contribution in [3.05, 3.63) is 0 Å². The molecule has 0 aromatic heterocycles. The highest BCUT2D eigenvalue weighted by Crippen LogP contribution is 2.37. The van der Waals surface area contributed by atoms with Gasteiger partial charge in [0.15, 0.2) is 0 Å². The normalized spacial score (nSPS) is 39.7. The molecule has 4 heteroatoms. The van der Waals surface area contributed by atoms with Crippen LogP contribution in [-0.4, -0.2) is 40.6 Å². The summed E-state index contributed by atoms with van der Waals surface area (Å²) in [5, 5.41) is 4.35. The molecule has 3 nitrogen and oxygen atoms in total. The van der Waals surface area contributed by atoms with Crippen LogP contribution in [0.1, 0.15) is 58.3 Å². The van der Waals surface area contributed by atoms with Gasteiger partial charge in [0, 0.05) is 11.3 Å². The highest BCUT2D eigenvalue weighted by molar-refractivity contribution is 7.99. The molecule has 1 heterocycles. The van der Waals surface area contributed by atoms with Gasteiger partial charge in [0.25, 0.3) is 0 Å². The van der Waals surface area contributed by atoms with E-state index in [4.69, 9.17) is 0 Å². The van der Waals surface area contributed by atoms with Crippen molar-refractivity contribution >= 4 is 17.7 Å². The van der Waals surface area contributed by atoms with Gasteiger partial charge in [-0.05, 0) is 51.2 Å². The van der Waals surface area contributed by atoms with E-state index in [1.807, 2.05) is 18.7 Å². The Balaban J connectivity index is 1.74. The van der Waals surface area contributed by atoms with Gasteiger partial charge in [-0.3, -0.25) is 10.1 Å². The standard InChI is InChI=1S/C16H28N2OS/c1-11-16(19)18(13-8-5-9-14(10-13)20-2)15(17-11)12-6-3-4-7-12/h11-15,17H,3-10H2,1-2H3. The average Bonchev–Trinajstić information content (AvgIpc) is 3.08. The Morgan fingerprint density at radius 3 is 2.60 bits per heavy atom. The first-order chi connectivity index (χ1) is 9.70. The van der Waals surface area contributed by atoms with E-state index in [0.717, 1.165) is 5.25 Å². The monoisotopic (exact) mass is 296 g/mol. The summed E-state index contributed by atoms with van der Waals surface area (Å²) in [5.74, 6) is 1.05. The number of nitrogens with zero attached hydrogens (tertiary/aromatic N) is 1. The van der Waals surface area contributed by atoms with Crippen LogP contribution in [0.3, 0.4) is 0 Å².